The fraction of sp³-hybridized carbons (Fsp3) is 0.923. The van der Waals surface area contributed by atoms with Crippen LogP contribution < -0.4 is 0 Å². The first-order valence-electron chi connectivity index (χ1n) is 7.07. The van der Waals surface area contributed by atoms with Gasteiger partial charge >= 0.3 is 0 Å². The Balaban J connectivity index is 5.27. The lowest BCUT2D eigenvalue weighted by Crippen LogP contribution is -2.50. The van der Waals surface area contributed by atoms with E-state index in [-0.39, 0.29) is 5.92 Å². The molecule has 0 radical (unpaired) electrons. The highest BCUT2D eigenvalue weighted by atomic mass is 32.2. The van der Waals surface area contributed by atoms with Crippen molar-refractivity contribution in [2.75, 3.05) is 7.05 Å². The lowest BCUT2D eigenvalue weighted by molar-refractivity contribution is -0.129. The van der Waals surface area contributed by atoms with Gasteiger partial charge in [-0.3, -0.25) is 4.79 Å². The van der Waals surface area contributed by atoms with Gasteiger partial charge in [0.25, 0.3) is 0 Å². The lowest BCUT2D eigenvalue weighted by Gasteiger charge is -2.31. The molecule has 0 aliphatic rings. The Labute approximate surface area is 128 Å². The highest BCUT2D eigenvalue weighted by Crippen LogP contribution is 2.31. The predicted molar refractivity (Wildman–Crippen MR) is 83.5 cm³/mol. The molecule has 0 aliphatic carbocycles. The van der Waals surface area contributed by atoms with Gasteiger partial charge in [0.2, 0.25) is 21.5 Å². The summed E-state index contributed by atoms with van der Waals surface area (Å²) in [5.74, 6) is -1.23. The molecule has 0 spiro atoms. The van der Waals surface area contributed by atoms with Gasteiger partial charge in [0.1, 0.15) is 8.07 Å². The molecular formula is C13H27F2NO3SSi. The maximum absolute atomic E-state index is 14.0. The second-order valence-electron chi connectivity index (χ2n) is 6.73. The molecule has 8 heteroatoms. The second-order valence-corrected chi connectivity index (χ2v) is 14.1. The van der Waals surface area contributed by atoms with Gasteiger partial charge in [0, 0.05) is 7.05 Å². The molecule has 0 aromatic heterocycles. The van der Waals surface area contributed by atoms with Crippen LogP contribution in [0.3, 0.4) is 0 Å². The summed E-state index contributed by atoms with van der Waals surface area (Å²) in [6.07, 6.45) is -0.713. The molecule has 0 saturated heterocycles. The topological polar surface area (TPSA) is 54.5 Å². The molecule has 0 bridgehead atoms. The molecule has 0 aromatic carbocycles. The zero-order valence-corrected chi connectivity index (χ0v) is 15.7. The Bertz CT molecular complexity index is 472. The van der Waals surface area contributed by atoms with Crippen LogP contribution in [0.5, 0.6) is 0 Å². The molecule has 0 N–H and O–H groups in total. The molecule has 0 saturated carbocycles. The van der Waals surface area contributed by atoms with Crippen molar-refractivity contribution in [3.8, 4) is 0 Å². The first kappa shape index (κ1) is 20.5. The van der Waals surface area contributed by atoms with Crippen molar-refractivity contribution in [1.29, 1.82) is 0 Å². The van der Waals surface area contributed by atoms with E-state index in [0.717, 1.165) is 7.05 Å². The molecule has 0 aromatic rings. The van der Waals surface area contributed by atoms with Crippen LogP contribution >= 0.6 is 0 Å². The van der Waals surface area contributed by atoms with Crippen molar-refractivity contribution in [3.63, 3.8) is 0 Å². The highest BCUT2D eigenvalue weighted by molar-refractivity contribution is 7.90. The number of hydrogen-bond donors (Lipinski definition) is 0. The maximum atomic E-state index is 14.0. The first-order chi connectivity index (χ1) is 9.18. The summed E-state index contributed by atoms with van der Waals surface area (Å²) in [6, 6.07) is 0. The number of hydrogen-bond acceptors (Lipinski definition) is 3. The molecule has 0 rings (SSSR count). The largest absolute Gasteiger partial charge is 0.274 e. The third-order valence-corrected chi connectivity index (χ3v) is 8.71. The van der Waals surface area contributed by atoms with Crippen LogP contribution in [-0.4, -0.2) is 44.5 Å². The number of rotatable bonds is 7. The number of alkyl halides is 2. The molecule has 21 heavy (non-hydrogen) atoms. The summed E-state index contributed by atoms with van der Waals surface area (Å²) in [5, 5.41) is -0.744. The van der Waals surface area contributed by atoms with Gasteiger partial charge < -0.3 is 0 Å². The molecule has 1 amide bonds. The summed E-state index contributed by atoms with van der Waals surface area (Å²) in [5.41, 5.74) is -3.13. The number of nitrogens with zero attached hydrogens (tertiary/aromatic N) is 1. The SMILES string of the molecule is CCC(C(C)C)S(=O)(=O)N(C)C(=O)CC(F)(F)[Si](C)(C)C. The normalized spacial score (nSPS) is 15.1. The number of sulfonamides is 1. The van der Waals surface area contributed by atoms with E-state index in [1.54, 1.807) is 20.8 Å². The summed E-state index contributed by atoms with van der Waals surface area (Å²) >= 11 is 0. The van der Waals surface area contributed by atoms with Gasteiger partial charge in [0.05, 0.1) is 11.7 Å². The predicted octanol–water partition coefficient (Wildman–Crippen LogP) is 3.11. The Morgan fingerprint density at radius 3 is 1.95 bits per heavy atom. The number of carbonyl (C=O) groups is 1. The van der Waals surface area contributed by atoms with Crippen molar-refractivity contribution < 1.29 is 22.0 Å². The summed E-state index contributed by atoms with van der Waals surface area (Å²) in [7, 11) is -5.71. The monoisotopic (exact) mass is 343 g/mol. The van der Waals surface area contributed by atoms with Crippen LogP contribution in [0.1, 0.15) is 33.6 Å². The van der Waals surface area contributed by atoms with Crippen molar-refractivity contribution in [2.24, 2.45) is 5.92 Å². The second kappa shape index (κ2) is 6.72. The fourth-order valence-electron chi connectivity index (χ4n) is 1.94. The third kappa shape index (κ3) is 4.74. The Morgan fingerprint density at radius 2 is 1.67 bits per heavy atom. The molecule has 4 nitrogen and oxygen atoms in total. The zero-order chi connectivity index (χ0) is 17.2. The van der Waals surface area contributed by atoms with E-state index in [0.29, 0.717) is 10.7 Å². The third-order valence-electron chi connectivity index (χ3n) is 3.73. The van der Waals surface area contributed by atoms with Gasteiger partial charge in [-0.05, 0) is 12.3 Å². The molecule has 1 atom stereocenters. The first-order valence-corrected chi connectivity index (χ1v) is 12.1. The zero-order valence-electron chi connectivity index (χ0n) is 13.9. The molecular weight excluding hydrogens is 316 g/mol. The standard InChI is InChI=1S/C13H27F2NO3SSi/c1-8-11(10(2)3)20(18,19)16(4)12(17)9-13(14,15)21(5,6)7/h10-11H,8-9H2,1-7H3. The van der Waals surface area contributed by atoms with E-state index in [4.69, 9.17) is 0 Å². The van der Waals surface area contributed by atoms with Crippen molar-refractivity contribution in [3.05, 3.63) is 0 Å². The van der Waals surface area contributed by atoms with Gasteiger partial charge in [0.15, 0.2) is 0 Å². The van der Waals surface area contributed by atoms with Gasteiger partial charge in [-0.25, -0.2) is 21.5 Å². The lowest BCUT2D eigenvalue weighted by atomic mass is 10.1. The van der Waals surface area contributed by atoms with Crippen LogP contribution in [0.25, 0.3) is 0 Å². The smallest absolute Gasteiger partial charge is 0.241 e. The van der Waals surface area contributed by atoms with Gasteiger partial charge in [-0.1, -0.05) is 40.4 Å². The number of carbonyl (C=O) groups excluding carboxylic acids is 1. The van der Waals surface area contributed by atoms with Crippen molar-refractivity contribution in [2.45, 2.75) is 64.0 Å². The Kier molecular flexibility index (Phi) is 6.56. The van der Waals surface area contributed by atoms with Crippen LogP contribution in [-0.2, 0) is 14.8 Å². The minimum absolute atomic E-state index is 0.187. The van der Waals surface area contributed by atoms with Crippen LogP contribution in [0.4, 0.5) is 8.78 Å². The number of halogens is 2. The molecule has 0 heterocycles. The molecule has 0 aliphatic heterocycles. The van der Waals surface area contributed by atoms with Crippen LogP contribution in [0, 0.1) is 5.92 Å². The van der Waals surface area contributed by atoms with E-state index in [1.807, 2.05) is 0 Å². The van der Waals surface area contributed by atoms with Crippen molar-refractivity contribution in [1.82, 2.24) is 4.31 Å². The van der Waals surface area contributed by atoms with E-state index in [9.17, 15) is 22.0 Å². The average Bonchev–Trinajstić information content (AvgIpc) is 2.25. The maximum Gasteiger partial charge on any atom is 0.241 e. The minimum Gasteiger partial charge on any atom is -0.274 e. The fourth-order valence-corrected chi connectivity index (χ4v) is 4.48. The van der Waals surface area contributed by atoms with Crippen molar-refractivity contribution >= 4 is 24.0 Å². The number of amides is 1. The Hall–Kier alpha value is -0.503. The van der Waals surface area contributed by atoms with E-state index in [2.05, 4.69) is 0 Å². The summed E-state index contributed by atoms with van der Waals surface area (Å²) in [6.45, 7) is 9.55. The van der Waals surface area contributed by atoms with E-state index >= 15 is 0 Å². The molecule has 126 valence electrons. The molecule has 0 fully saturated rings. The summed E-state index contributed by atoms with van der Waals surface area (Å²) < 4.78 is 53.2. The highest BCUT2D eigenvalue weighted by Gasteiger charge is 2.48. The van der Waals surface area contributed by atoms with Gasteiger partial charge in [-0.2, -0.15) is 0 Å². The van der Waals surface area contributed by atoms with E-state index < -0.39 is 41.2 Å². The summed E-state index contributed by atoms with van der Waals surface area (Å²) in [4.78, 5) is 12.0. The molecule has 1 unspecified atom stereocenters. The Morgan fingerprint density at radius 1 is 1.24 bits per heavy atom. The average molecular weight is 344 g/mol. The van der Waals surface area contributed by atoms with E-state index in [1.165, 1.54) is 19.6 Å². The van der Waals surface area contributed by atoms with Gasteiger partial charge in [-0.15, -0.1) is 0 Å². The van der Waals surface area contributed by atoms with Crippen LogP contribution in [0.2, 0.25) is 19.6 Å². The quantitative estimate of drug-likeness (QED) is 0.667. The minimum atomic E-state index is -3.90. The van der Waals surface area contributed by atoms with Crippen LogP contribution in [0.15, 0.2) is 0 Å².